The van der Waals surface area contributed by atoms with E-state index in [-0.39, 0.29) is 5.91 Å². The molecule has 0 unspecified atom stereocenters. The summed E-state index contributed by atoms with van der Waals surface area (Å²) in [5, 5.41) is 3.37. The second kappa shape index (κ2) is 7.61. The lowest BCUT2D eigenvalue weighted by Gasteiger charge is -2.27. The van der Waals surface area contributed by atoms with Crippen molar-refractivity contribution in [1.82, 2.24) is 19.7 Å². The molecule has 1 aromatic heterocycles. The third-order valence-corrected chi connectivity index (χ3v) is 4.15. The summed E-state index contributed by atoms with van der Waals surface area (Å²) in [6.45, 7) is 3.88. The molecule has 5 heteroatoms. The highest BCUT2D eigenvalue weighted by molar-refractivity contribution is 5.92. The normalized spacial score (nSPS) is 16.4. The number of hydrogen-bond donors (Lipinski definition) is 1. The molecule has 0 radical (unpaired) electrons. The molecule has 1 aliphatic heterocycles. The Hall–Kier alpha value is -1.33. The SMILES string of the molecule is CN(C)CCCN(C)C(=O)c1cccn1C1CCNCC1. The highest BCUT2D eigenvalue weighted by Gasteiger charge is 2.21. The van der Waals surface area contributed by atoms with E-state index in [0.29, 0.717) is 6.04 Å². The summed E-state index contributed by atoms with van der Waals surface area (Å²) in [4.78, 5) is 16.6. The van der Waals surface area contributed by atoms with Crippen molar-refractivity contribution in [3.63, 3.8) is 0 Å². The summed E-state index contributed by atoms with van der Waals surface area (Å²) in [6.07, 6.45) is 5.25. The molecule has 0 saturated carbocycles. The lowest BCUT2D eigenvalue weighted by Crippen LogP contribution is -2.34. The van der Waals surface area contributed by atoms with Crippen molar-refractivity contribution in [1.29, 1.82) is 0 Å². The van der Waals surface area contributed by atoms with Crippen LogP contribution in [-0.4, -0.2) is 67.6 Å². The average molecular weight is 292 g/mol. The maximum absolute atomic E-state index is 12.6. The highest BCUT2D eigenvalue weighted by Crippen LogP contribution is 2.21. The zero-order valence-corrected chi connectivity index (χ0v) is 13.5. The molecule has 1 aromatic rings. The first-order valence-corrected chi connectivity index (χ1v) is 7.87. The number of amides is 1. The Morgan fingerprint density at radius 1 is 1.29 bits per heavy atom. The summed E-state index contributed by atoms with van der Waals surface area (Å²) in [5.74, 6) is 0.136. The van der Waals surface area contributed by atoms with Crippen LogP contribution in [0.3, 0.4) is 0 Å². The molecule has 1 aliphatic rings. The largest absolute Gasteiger partial charge is 0.340 e. The van der Waals surface area contributed by atoms with Crippen molar-refractivity contribution < 1.29 is 4.79 Å². The fraction of sp³-hybridized carbons (Fsp3) is 0.688. The van der Waals surface area contributed by atoms with Gasteiger partial charge in [-0.05, 0) is 65.1 Å². The van der Waals surface area contributed by atoms with Crippen LogP contribution >= 0.6 is 0 Å². The van der Waals surface area contributed by atoms with Crippen molar-refractivity contribution in [3.05, 3.63) is 24.0 Å². The fourth-order valence-electron chi connectivity index (χ4n) is 2.90. The van der Waals surface area contributed by atoms with Gasteiger partial charge in [-0.15, -0.1) is 0 Å². The van der Waals surface area contributed by atoms with Crippen LogP contribution in [0.5, 0.6) is 0 Å². The summed E-state index contributed by atoms with van der Waals surface area (Å²) >= 11 is 0. The second-order valence-corrected chi connectivity index (χ2v) is 6.17. The lowest BCUT2D eigenvalue weighted by molar-refractivity contribution is 0.0776. The van der Waals surface area contributed by atoms with Gasteiger partial charge in [-0.3, -0.25) is 4.79 Å². The zero-order chi connectivity index (χ0) is 15.2. The number of rotatable bonds is 6. The van der Waals surface area contributed by atoms with Gasteiger partial charge in [-0.2, -0.15) is 0 Å². The third-order valence-electron chi connectivity index (χ3n) is 4.15. The molecule has 0 aliphatic carbocycles. The number of carbonyl (C=O) groups excluding carboxylic acids is 1. The van der Waals surface area contributed by atoms with E-state index in [1.165, 1.54) is 0 Å². The van der Waals surface area contributed by atoms with Crippen LogP contribution in [0.15, 0.2) is 18.3 Å². The molecule has 1 N–H and O–H groups in total. The molecule has 21 heavy (non-hydrogen) atoms. The number of piperidine rings is 1. The van der Waals surface area contributed by atoms with Gasteiger partial charge in [0.2, 0.25) is 0 Å². The summed E-state index contributed by atoms with van der Waals surface area (Å²) in [5.41, 5.74) is 0.828. The Morgan fingerprint density at radius 3 is 2.67 bits per heavy atom. The molecule has 5 nitrogen and oxygen atoms in total. The van der Waals surface area contributed by atoms with E-state index in [0.717, 1.165) is 51.1 Å². The van der Waals surface area contributed by atoms with Crippen LogP contribution in [0, 0.1) is 0 Å². The van der Waals surface area contributed by atoms with E-state index in [9.17, 15) is 4.79 Å². The molecule has 2 rings (SSSR count). The maximum atomic E-state index is 12.6. The Balaban J connectivity index is 1.97. The van der Waals surface area contributed by atoms with Crippen molar-refractivity contribution in [2.24, 2.45) is 0 Å². The molecule has 0 bridgehead atoms. The molecular weight excluding hydrogens is 264 g/mol. The molecule has 0 spiro atoms. The van der Waals surface area contributed by atoms with Gasteiger partial charge in [0.1, 0.15) is 5.69 Å². The number of hydrogen-bond acceptors (Lipinski definition) is 3. The van der Waals surface area contributed by atoms with Crippen molar-refractivity contribution in [3.8, 4) is 0 Å². The van der Waals surface area contributed by atoms with Crippen molar-refractivity contribution in [2.45, 2.75) is 25.3 Å². The first kappa shape index (κ1) is 16.0. The smallest absolute Gasteiger partial charge is 0.270 e. The maximum Gasteiger partial charge on any atom is 0.270 e. The quantitative estimate of drug-likeness (QED) is 0.862. The standard InChI is InChI=1S/C16H28N4O/c1-18(2)11-5-12-19(3)16(21)15-6-4-13-20(15)14-7-9-17-10-8-14/h4,6,13-14,17H,5,7-12H2,1-3H3. The third kappa shape index (κ3) is 4.32. The van der Waals surface area contributed by atoms with Gasteiger partial charge in [0.25, 0.3) is 5.91 Å². The summed E-state index contributed by atoms with van der Waals surface area (Å²) in [6, 6.07) is 4.39. The first-order valence-electron chi connectivity index (χ1n) is 7.87. The minimum atomic E-state index is 0.136. The zero-order valence-electron chi connectivity index (χ0n) is 13.5. The monoisotopic (exact) mass is 292 g/mol. The van der Waals surface area contributed by atoms with Gasteiger partial charge < -0.3 is 19.7 Å². The van der Waals surface area contributed by atoms with E-state index in [1.54, 1.807) is 0 Å². The van der Waals surface area contributed by atoms with Gasteiger partial charge in [0, 0.05) is 25.8 Å². The lowest BCUT2D eigenvalue weighted by atomic mass is 10.1. The van der Waals surface area contributed by atoms with Gasteiger partial charge in [0.15, 0.2) is 0 Å². The Labute approximate surface area is 127 Å². The van der Waals surface area contributed by atoms with Crippen molar-refractivity contribution in [2.75, 3.05) is 47.3 Å². The Morgan fingerprint density at radius 2 is 2.00 bits per heavy atom. The number of nitrogens with one attached hydrogen (secondary N) is 1. The topological polar surface area (TPSA) is 40.5 Å². The van der Waals surface area contributed by atoms with Crippen LogP contribution in [0.1, 0.15) is 35.8 Å². The Kier molecular flexibility index (Phi) is 5.82. The number of carbonyl (C=O) groups is 1. The molecule has 0 atom stereocenters. The highest BCUT2D eigenvalue weighted by atomic mass is 16.2. The number of nitrogens with zero attached hydrogens (tertiary/aromatic N) is 3. The molecule has 1 amide bonds. The molecular formula is C16H28N4O. The molecule has 2 heterocycles. The van der Waals surface area contributed by atoms with Crippen LogP contribution < -0.4 is 5.32 Å². The Bertz CT molecular complexity index is 449. The minimum Gasteiger partial charge on any atom is -0.340 e. The van der Waals surface area contributed by atoms with Crippen LogP contribution in [-0.2, 0) is 0 Å². The predicted molar refractivity (Wildman–Crippen MR) is 85.7 cm³/mol. The van der Waals surface area contributed by atoms with E-state index in [4.69, 9.17) is 0 Å². The van der Waals surface area contributed by atoms with Gasteiger partial charge in [-0.25, -0.2) is 0 Å². The predicted octanol–water partition coefficient (Wildman–Crippen LogP) is 1.44. The molecule has 1 fully saturated rings. The summed E-state index contributed by atoms with van der Waals surface area (Å²) < 4.78 is 2.17. The fourth-order valence-corrected chi connectivity index (χ4v) is 2.90. The molecule has 118 valence electrons. The second-order valence-electron chi connectivity index (χ2n) is 6.17. The van der Waals surface area contributed by atoms with E-state index in [2.05, 4.69) is 35.1 Å². The average Bonchev–Trinajstić information content (AvgIpc) is 2.96. The van der Waals surface area contributed by atoms with Gasteiger partial charge in [0.05, 0.1) is 0 Å². The van der Waals surface area contributed by atoms with Gasteiger partial charge >= 0.3 is 0 Å². The van der Waals surface area contributed by atoms with Gasteiger partial charge in [-0.1, -0.05) is 0 Å². The first-order chi connectivity index (χ1) is 10.1. The van der Waals surface area contributed by atoms with Crippen LogP contribution in [0.25, 0.3) is 0 Å². The minimum absolute atomic E-state index is 0.136. The van der Waals surface area contributed by atoms with Crippen LogP contribution in [0.4, 0.5) is 0 Å². The molecule has 0 aromatic carbocycles. The van der Waals surface area contributed by atoms with E-state index in [1.807, 2.05) is 24.1 Å². The van der Waals surface area contributed by atoms with E-state index >= 15 is 0 Å². The van der Waals surface area contributed by atoms with Crippen LogP contribution in [0.2, 0.25) is 0 Å². The summed E-state index contributed by atoms with van der Waals surface area (Å²) in [7, 11) is 6.02. The number of aromatic nitrogens is 1. The molecule has 1 saturated heterocycles. The van der Waals surface area contributed by atoms with Crippen molar-refractivity contribution >= 4 is 5.91 Å². The van der Waals surface area contributed by atoms with E-state index < -0.39 is 0 Å².